The monoisotopic (exact) mass is 460 g/mol. The van der Waals surface area contributed by atoms with Crippen LogP contribution in [0.15, 0.2) is 120 Å². The van der Waals surface area contributed by atoms with Crippen molar-refractivity contribution >= 4 is 10.1 Å². The Labute approximate surface area is 196 Å². The van der Waals surface area contributed by atoms with Crippen LogP contribution in [0, 0.1) is 13.8 Å². The van der Waals surface area contributed by atoms with Crippen LogP contribution in [-0.2, 0) is 25.6 Å². The summed E-state index contributed by atoms with van der Waals surface area (Å²) < 4.78 is 36.5. The molecule has 4 aromatic rings. The van der Waals surface area contributed by atoms with E-state index in [2.05, 4.69) is 19.1 Å². The fourth-order valence-corrected chi connectivity index (χ4v) is 3.92. The molecule has 1 atom stereocenters. The predicted molar refractivity (Wildman–Crippen MR) is 131 cm³/mol. The summed E-state index contributed by atoms with van der Waals surface area (Å²) in [4.78, 5) is 0.104. The Hall–Kier alpha value is -3.25. The van der Waals surface area contributed by atoms with Gasteiger partial charge in [0, 0.05) is 5.56 Å². The highest BCUT2D eigenvalue weighted by molar-refractivity contribution is 7.86. The predicted octanol–water partition coefficient (Wildman–Crippen LogP) is 6.61. The maximum atomic E-state index is 12.6. The van der Waals surface area contributed by atoms with Crippen LogP contribution in [-0.4, -0.2) is 8.42 Å². The molecule has 0 N–H and O–H groups in total. The summed E-state index contributed by atoms with van der Waals surface area (Å²) in [6, 6.07) is 35.4. The van der Waals surface area contributed by atoms with Gasteiger partial charge in [-0.25, -0.2) is 4.18 Å². The fraction of sp³-hybridized carbons (Fsp3) is 0.143. The largest absolute Gasteiger partial charge is 0.343 e. The number of rotatable bonds is 7. The molecule has 4 aromatic carbocycles. The Balaban J connectivity index is 0.000000374. The van der Waals surface area contributed by atoms with Crippen LogP contribution >= 0.6 is 0 Å². The van der Waals surface area contributed by atoms with E-state index in [-0.39, 0.29) is 11.5 Å². The van der Waals surface area contributed by atoms with E-state index in [4.69, 9.17) is 8.92 Å². The highest BCUT2D eigenvalue weighted by atomic mass is 32.2. The van der Waals surface area contributed by atoms with Crippen molar-refractivity contribution in [2.75, 3.05) is 0 Å². The van der Waals surface area contributed by atoms with Crippen LogP contribution in [0.5, 0.6) is 0 Å². The van der Waals surface area contributed by atoms with Crippen molar-refractivity contribution in [3.05, 3.63) is 138 Å². The summed E-state index contributed by atoms with van der Waals surface area (Å²) in [7, 11) is -3.95. The molecule has 0 saturated carbocycles. The Kier molecular flexibility index (Phi) is 8.95. The van der Waals surface area contributed by atoms with Gasteiger partial charge in [0.2, 0.25) is 6.29 Å². The van der Waals surface area contributed by atoms with Gasteiger partial charge in [0.1, 0.15) is 0 Å². The molecule has 0 heterocycles. The molecule has 4 rings (SSSR count). The minimum absolute atomic E-state index is 0.104. The van der Waals surface area contributed by atoms with Gasteiger partial charge in [-0.05, 0) is 31.5 Å². The molecule has 0 fully saturated rings. The Morgan fingerprint density at radius 2 is 1.12 bits per heavy atom. The van der Waals surface area contributed by atoms with Gasteiger partial charge in [-0.1, -0.05) is 114 Å². The molecular weight excluding hydrogens is 432 g/mol. The highest BCUT2D eigenvalue weighted by Gasteiger charge is 2.24. The van der Waals surface area contributed by atoms with E-state index in [0.717, 1.165) is 11.1 Å². The Morgan fingerprint density at radius 3 is 1.64 bits per heavy atom. The molecule has 0 aliphatic carbocycles. The van der Waals surface area contributed by atoms with Crippen molar-refractivity contribution in [3.8, 4) is 0 Å². The normalized spacial score (nSPS) is 11.8. The third-order valence-electron chi connectivity index (χ3n) is 4.78. The molecule has 4 nitrogen and oxygen atoms in total. The molecule has 0 bridgehead atoms. The zero-order valence-corrected chi connectivity index (χ0v) is 19.6. The molecule has 170 valence electrons. The number of aryl methyl sites for hydroxylation is 2. The molecule has 0 radical (unpaired) electrons. The average Bonchev–Trinajstić information content (AvgIpc) is 2.84. The first-order valence-electron chi connectivity index (χ1n) is 10.7. The minimum atomic E-state index is -3.95. The molecule has 5 heteroatoms. The lowest BCUT2D eigenvalue weighted by atomic mass is 10.2. The van der Waals surface area contributed by atoms with E-state index >= 15 is 0 Å². The number of hydrogen-bond acceptors (Lipinski definition) is 4. The van der Waals surface area contributed by atoms with Crippen molar-refractivity contribution in [2.45, 2.75) is 31.6 Å². The van der Waals surface area contributed by atoms with Gasteiger partial charge in [-0.2, -0.15) is 8.42 Å². The van der Waals surface area contributed by atoms with Crippen LogP contribution < -0.4 is 0 Å². The highest BCUT2D eigenvalue weighted by Crippen LogP contribution is 2.26. The van der Waals surface area contributed by atoms with E-state index in [1.54, 1.807) is 24.3 Å². The summed E-state index contributed by atoms with van der Waals surface area (Å²) in [5.74, 6) is 0. The van der Waals surface area contributed by atoms with Gasteiger partial charge in [0.05, 0.1) is 11.5 Å². The van der Waals surface area contributed by atoms with Gasteiger partial charge in [0.15, 0.2) is 0 Å². The Morgan fingerprint density at radius 1 is 0.636 bits per heavy atom. The molecule has 0 spiro atoms. The van der Waals surface area contributed by atoms with Gasteiger partial charge < -0.3 is 4.74 Å². The van der Waals surface area contributed by atoms with Crippen molar-refractivity contribution in [2.24, 2.45) is 0 Å². The molecule has 0 aliphatic heterocycles. The van der Waals surface area contributed by atoms with Crippen molar-refractivity contribution in [3.63, 3.8) is 0 Å². The van der Waals surface area contributed by atoms with Crippen molar-refractivity contribution in [1.82, 2.24) is 0 Å². The van der Waals surface area contributed by atoms with Gasteiger partial charge in [-0.3, -0.25) is 0 Å². The third-order valence-corrected chi connectivity index (χ3v) is 6.06. The number of hydrogen-bond donors (Lipinski definition) is 0. The molecule has 0 aromatic heterocycles. The molecule has 1 unspecified atom stereocenters. The van der Waals surface area contributed by atoms with Crippen molar-refractivity contribution < 1.29 is 17.3 Å². The smallest absolute Gasteiger partial charge is 0.299 e. The number of benzene rings is 4. The van der Waals surface area contributed by atoms with Crippen LogP contribution in [0.1, 0.15) is 28.5 Å². The summed E-state index contributed by atoms with van der Waals surface area (Å²) in [5, 5.41) is 0. The van der Waals surface area contributed by atoms with Gasteiger partial charge in [-0.15, -0.1) is 0 Å². The molecule has 33 heavy (non-hydrogen) atoms. The van der Waals surface area contributed by atoms with E-state index in [0.29, 0.717) is 5.56 Å². The molecule has 0 amide bonds. The molecule has 0 aliphatic rings. The first-order valence-corrected chi connectivity index (χ1v) is 12.1. The lowest BCUT2D eigenvalue weighted by Crippen LogP contribution is -2.15. The summed E-state index contributed by atoms with van der Waals surface area (Å²) >= 11 is 0. The Bertz CT molecular complexity index is 1190. The standard InChI is InChI=1S/C21H20O4S.C7H8/c1-17-12-14-20(15-13-17)26(22,23)25-21(19-10-6-3-7-11-19)24-16-18-8-4-2-5-9-18;1-7-5-3-2-4-6-7/h2-15,21H,16H2,1H3;2-6H,1H3. The second-order valence-corrected chi connectivity index (χ2v) is 9.13. The van der Waals surface area contributed by atoms with Crippen LogP contribution in [0.3, 0.4) is 0 Å². The second kappa shape index (κ2) is 12.1. The average molecular weight is 461 g/mol. The van der Waals surface area contributed by atoms with E-state index in [9.17, 15) is 8.42 Å². The maximum absolute atomic E-state index is 12.6. The lowest BCUT2D eigenvalue weighted by molar-refractivity contribution is -0.0891. The second-order valence-electron chi connectivity index (χ2n) is 7.56. The van der Waals surface area contributed by atoms with E-state index in [1.165, 1.54) is 17.7 Å². The SMILES string of the molecule is Cc1ccc(S(=O)(=O)OC(OCc2ccccc2)c2ccccc2)cc1.Cc1ccccc1. The van der Waals surface area contributed by atoms with Crippen LogP contribution in [0.4, 0.5) is 0 Å². The molecular formula is C28H28O4S. The first-order chi connectivity index (χ1) is 15.9. The lowest BCUT2D eigenvalue weighted by Gasteiger charge is -2.19. The van der Waals surface area contributed by atoms with Crippen LogP contribution in [0.25, 0.3) is 0 Å². The van der Waals surface area contributed by atoms with E-state index in [1.807, 2.05) is 73.7 Å². The quantitative estimate of drug-likeness (QED) is 0.230. The zero-order chi connectivity index (χ0) is 23.5. The first kappa shape index (κ1) is 24.4. The van der Waals surface area contributed by atoms with Gasteiger partial charge >= 0.3 is 0 Å². The summed E-state index contributed by atoms with van der Waals surface area (Å²) in [5.41, 5.74) is 3.87. The van der Waals surface area contributed by atoms with E-state index < -0.39 is 16.4 Å². The summed E-state index contributed by atoms with van der Waals surface area (Å²) in [6.07, 6.45) is -1.03. The fourth-order valence-electron chi connectivity index (χ4n) is 2.95. The number of ether oxygens (including phenoxy) is 1. The molecule has 0 saturated heterocycles. The summed E-state index contributed by atoms with van der Waals surface area (Å²) in [6.45, 7) is 4.22. The minimum Gasteiger partial charge on any atom is -0.343 e. The topological polar surface area (TPSA) is 52.6 Å². The van der Waals surface area contributed by atoms with Crippen molar-refractivity contribution in [1.29, 1.82) is 0 Å². The third kappa shape index (κ3) is 7.99. The maximum Gasteiger partial charge on any atom is 0.299 e. The van der Waals surface area contributed by atoms with Crippen LogP contribution in [0.2, 0.25) is 0 Å². The van der Waals surface area contributed by atoms with Gasteiger partial charge in [0.25, 0.3) is 10.1 Å². The zero-order valence-electron chi connectivity index (χ0n) is 18.8.